The molecule has 1 saturated heterocycles. The zero-order valence-electron chi connectivity index (χ0n) is 12.7. The maximum atomic E-state index is 4.37. The van der Waals surface area contributed by atoms with E-state index in [2.05, 4.69) is 42.9 Å². The molecule has 3 nitrogen and oxygen atoms in total. The van der Waals surface area contributed by atoms with Gasteiger partial charge in [0.05, 0.1) is 5.01 Å². The number of hydrogen-bond donors (Lipinski definition) is 1. The summed E-state index contributed by atoms with van der Waals surface area (Å²) in [5.74, 6) is 0. The van der Waals surface area contributed by atoms with Crippen LogP contribution in [0.1, 0.15) is 49.9 Å². The fourth-order valence-corrected chi connectivity index (χ4v) is 3.42. The number of aromatic nitrogens is 1. The van der Waals surface area contributed by atoms with Gasteiger partial charge in [-0.05, 0) is 47.1 Å². The topological polar surface area (TPSA) is 28.2 Å². The second-order valence-corrected chi connectivity index (χ2v) is 7.92. The van der Waals surface area contributed by atoms with E-state index in [0.717, 1.165) is 13.1 Å². The highest BCUT2D eigenvalue weighted by Gasteiger charge is 2.24. The lowest BCUT2D eigenvalue weighted by Crippen LogP contribution is -2.49. The first-order valence-corrected chi connectivity index (χ1v) is 8.16. The molecule has 0 amide bonds. The quantitative estimate of drug-likeness (QED) is 0.918. The predicted molar refractivity (Wildman–Crippen MR) is 82.7 cm³/mol. The molecule has 1 aliphatic heterocycles. The zero-order valence-corrected chi connectivity index (χ0v) is 13.5. The van der Waals surface area contributed by atoms with Gasteiger partial charge in [0.2, 0.25) is 0 Å². The Labute approximate surface area is 121 Å². The van der Waals surface area contributed by atoms with Crippen molar-refractivity contribution in [1.82, 2.24) is 15.2 Å². The minimum atomic E-state index is 0.212. The van der Waals surface area contributed by atoms with Crippen molar-refractivity contribution >= 4 is 11.3 Å². The fourth-order valence-electron chi connectivity index (χ4n) is 2.60. The monoisotopic (exact) mass is 281 g/mol. The van der Waals surface area contributed by atoms with E-state index in [-0.39, 0.29) is 5.54 Å². The molecule has 2 rings (SSSR count). The summed E-state index contributed by atoms with van der Waals surface area (Å²) < 4.78 is 0. The minimum absolute atomic E-state index is 0.212. The summed E-state index contributed by atoms with van der Waals surface area (Å²) in [7, 11) is 0. The Hall–Kier alpha value is -0.450. The van der Waals surface area contributed by atoms with Gasteiger partial charge in [-0.25, -0.2) is 4.98 Å². The van der Waals surface area contributed by atoms with Crippen LogP contribution in [0.15, 0.2) is 6.20 Å². The Bertz CT molecular complexity index is 394. The van der Waals surface area contributed by atoms with E-state index in [1.807, 2.05) is 17.5 Å². The summed E-state index contributed by atoms with van der Waals surface area (Å²) in [4.78, 5) is 8.41. The number of hydrogen-bond acceptors (Lipinski definition) is 4. The second-order valence-electron chi connectivity index (χ2n) is 6.60. The Kier molecular flexibility index (Phi) is 4.98. The molecule has 0 radical (unpaired) electrons. The molecule has 1 aliphatic rings. The molecule has 108 valence electrons. The molecule has 0 bridgehead atoms. The molecular weight excluding hydrogens is 254 g/mol. The van der Waals surface area contributed by atoms with Crippen LogP contribution in [-0.4, -0.2) is 34.6 Å². The Balaban J connectivity index is 1.92. The lowest BCUT2D eigenvalue weighted by molar-refractivity contribution is 0.132. The highest BCUT2D eigenvalue weighted by Crippen LogP contribution is 2.22. The van der Waals surface area contributed by atoms with Gasteiger partial charge in [-0.15, -0.1) is 11.3 Å². The molecule has 0 aliphatic carbocycles. The van der Waals surface area contributed by atoms with E-state index in [0.29, 0.717) is 6.04 Å². The number of rotatable bonds is 4. The summed E-state index contributed by atoms with van der Waals surface area (Å²) >= 11 is 1.83. The first-order chi connectivity index (χ1) is 8.94. The van der Waals surface area contributed by atoms with Crippen molar-refractivity contribution in [2.24, 2.45) is 0 Å². The summed E-state index contributed by atoms with van der Waals surface area (Å²) in [5, 5.41) is 4.84. The SMILES string of the molecule is Cc1ncc(CN2CCCCC2CNC(C)(C)C)s1. The zero-order chi connectivity index (χ0) is 13.9. The third-order valence-corrected chi connectivity index (χ3v) is 4.54. The molecule has 1 fully saturated rings. The average Bonchev–Trinajstić information content (AvgIpc) is 2.73. The average molecular weight is 281 g/mol. The molecule has 1 aromatic heterocycles. The molecule has 4 heteroatoms. The van der Waals surface area contributed by atoms with Crippen LogP contribution >= 0.6 is 11.3 Å². The van der Waals surface area contributed by atoms with Gasteiger partial charge in [0.25, 0.3) is 0 Å². The highest BCUT2D eigenvalue weighted by atomic mass is 32.1. The molecule has 1 unspecified atom stereocenters. The van der Waals surface area contributed by atoms with Crippen LogP contribution < -0.4 is 5.32 Å². The van der Waals surface area contributed by atoms with Crippen molar-refractivity contribution in [3.8, 4) is 0 Å². The van der Waals surface area contributed by atoms with Gasteiger partial charge in [-0.2, -0.15) is 0 Å². The largest absolute Gasteiger partial charge is 0.311 e. The number of nitrogens with zero attached hydrogens (tertiary/aromatic N) is 2. The highest BCUT2D eigenvalue weighted by molar-refractivity contribution is 7.11. The van der Waals surface area contributed by atoms with Gasteiger partial charge >= 0.3 is 0 Å². The van der Waals surface area contributed by atoms with Crippen molar-refractivity contribution in [1.29, 1.82) is 0 Å². The Morgan fingerprint density at radius 2 is 2.21 bits per heavy atom. The smallest absolute Gasteiger partial charge is 0.0897 e. The normalized spacial score (nSPS) is 21.8. The predicted octanol–water partition coefficient (Wildman–Crippen LogP) is 3.19. The first kappa shape index (κ1) is 14.9. The van der Waals surface area contributed by atoms with Gasteiger partial charge in [0.1, 0.15) is 0 Å². The van der Waals surface area contributed by atoms with Crippen LogP contribution in [0.5, 0.6) is 0 Å². The Morgan fingerprint density at radius 3 is 2.84 bits per heavy atom. The molecule has 1 atom stereocenters. The number of aryl methyl sites for hydroxylation is 1. The summed E-state index contributed by atoms with van der Waals surface area (Å²) in [5.41, 5.74) is 0.212. The molecule has 2 heterocycles. The van der Waals surface area contributed by atoms with Crippen LogP contribution in [0.3, 0.4) is 0 Å². The second kappa shape index (κ2) is 6.33. The molecule has 1 N–H and O–H groups in total. The Morgan fingerprint density at radius 1 is 1.42 bits per heavy atom. The fraction of sp³-hybridized carbons (Fsp3) is 0.800. The van der Waals surface area contributed by atoms with E-state index < -0.39 is 0 Å². The summed E-state index contributed by atoms with van der Waals surface area (Å²) in [6.45, 7) is 12.2. The van der Waals surface area contributed by atoms with Crippen LogP contribution in [-0.2, 0) is 6.54 Å². The number of piperidine rings is 1. The van der Waals surface area contributed by atoms with E-state index in [1.54, 1.807) is 0 Å². The van der Waals surface area contributed by atoms with Crippen molar-refractivity contribution < 1.29 is 0 Å². The van der Waals surface area contributed by atoms with Crippen molar-refractivity contribution in [2.75, 3.05) is 13.1 Å². The third-order valence-electron chi connectivity index (χ3n) is 3.65. The summed E-state index contributed by atoms with van der Waals surface area (Å²) in [6.07, 6.45) is 6.07. The van der Waals surface area contributed by atoms with Gasteiger partial charge in [-0.3, -0.25) is 4.90 Å². The molecule has 0 saturated carbocycles. The van der Waals surface area contributed by atoms with E-state index >= 15 is 0 Å². The molecule has 19 heavy (non-hydrogen) atoms. The van der Waals surface area contributed by atoms with E-state index in [1.165, 1.54) is 35.7 Å². The van der Waals surface area contributed by atoms with Gasteiger partial charge < -0.3 is 5.32 Å². The standard InChI is InChI=1S/C15H27N3S/c1-12-16-10-14(19-12)11-18-8-6-5-7-13(18)9-17-15(2,3)4/h10,13,17H,5-9,11H2,1-4H3. The number of thiazole rings is 1. The lowest BCUT2D eigenvalue weighted by Gasteiger charge is -2.37. The maximum Gasteiger partial charge on any atom is 0.0897 e. The van der Waals surface area contributed by atoms with Crippen LogP contribution in [0.25, 0.3) is 0 Å². The van der Waals surface area contributed by atoms with Crippen LogP contribution in [0.4, 0.5) is 0 Å². The molecular formula is C15H27N3S. The lowest BCUT2D eigenvalue weighted by atomic mass is 10.0. The van der Waals surface area contributed by atoms with Crippen LogP contribution in [0.2, 0.25) is 0 Å². The minimum Gasteiger partial charge on any atom is -0.311 e. The number of nitrogens with one attached hydrogen (secondary N) is 1. The van der Waals surface area contributed by atoms with Crippen LogP contribution in [0, 0.1) is 6.92 Å². The first-order valence-electron chi connectivity index (χ1n) is 7.34. The van der Waals surface area contributed by atoms with Crippen molar-refractivity contribution in [3.63, 3.8) is 0 Å². The third kappa shape index (κ3) is 4.86. The summed E-state index contributed by atoms with van der Waals surface area (Å²) in [6, 6.07) is 0.676. The van der Waals surface area contributed by atoms with Gasteiger partial charge in [0, 0.05) is 35.7 Å². The van der Waals surface area contributed by atoms with E-state index in [9.17, 15) is 0 Å². The molecule has 0 spiro atoms. The van der Waals surface area contributed by atoms with Gasteiger partial charge in [-0.1, -0.05) is 6.42 Å². The number of likely N-dealkylation sites (tertiary alicyclic amines) is 1. The van der Waals surface area contributed by atoms with E-state index in [4.69, 9.17) is 0 Å². The van der Waals surface area contributed by atoms with Crippen molar-refractivity contribution in [2.45, 2.75) is 65.1 Å². The maximum absolute atomic E-state index is 4.37. The molecule has 1 aromatic rings. The van der Waals surface area contributed by atoms with Gasteiger partial charge in [0.15, 0.2) is 0 Å². The molecule has 0 aromatic carbocycles. The van der Waals surface area contributed by atoms with Crippen molar-refractivity contribution in [3.05, 3.63) is 16.1 Å².